The van der Waals surface area contributed by atoms with Gasteiger partial charge in [-0.15, -0.1) is 11.8 Å². The molecule has 1 amide bonds. The third-order valence-corrected chi connectivity index (χ3v) is 3.98. The number of hydrogen-bond donors (Lipinski definition) is 2. The fourth-order valence-corrected chi connectivity index (χ4v) is 2.61. The van der Waals surface area contributed by atoms with Gasteiger partial charge in [0, 0.05) is 22.9 Å². The molecule has 2 aromatic rings. The van der Waals surface area contributed by atoms with E-state index in [0.717, 1.165) is 11.3 Å². The lowest BCUT2D eigenvalue weighted by molar-refractivity contribution is 0.0957. The van der Waals surface area contributed by atoms with Gasteiger partial charge >= 0.3 is 0 Å². The summed E-state index contributed by atoms with van der Waals surface area (Å²) in [5, 5.41) is 2.90. The molecular weight excluding hydrogens is 268 g/mol. The first-order chi connectivity index (χ1) is 9.68. The first-order valence-electron chi connectivity index (χ1n) is 6.49. The number of aryl methyl sites for hydroxylation is 1. The maximum Gasteiger partial charge on any atom is 0.253 e. The minimum Gasteiger partial charge on any atom is -0.398 e. The van der Waals surface area contributed by atoms with Crippen molar-refractivity contribution in [1.82, 2.24) is 5.32 Å². The van der Waals surface area contributed by atoms with Gasteiger partial charge in [-0.25, -0.2) is 0 Å². The number of carbonyl (C=O) groups excluding carboxylic acids is 1. The van der Waals surface area contributed by atoms with Crippen LogP contribution in [0.25, 0.3) is 0 Å². The molecule has 0 saturated carbocycles. The molecular formula is C16H18N2OS. The molecule has 0 unspecified atom stereocenters. The van der Waals surface area contributed by atoms with Crippen molar-refractivity contribution in [2.24, 2.45) is 0 Å². The zero-order chi connectivity index (χ0) is 14.4. The van der Waals surface area contributed by atoms with Crippen molar-refractivity contribution in [1.29, 1.82) is 0 Å². The molecule has 0 spiro atoms. The Bertz CT molecular complexity index is 584. The van der Waals surface area contributed by atoms with Gasteiger partial charge < -0.3 is 11.1 Å². The van der Waals surface area contributed by atoms with Crippen molar-refractivity contribution in [2.45, 2.75) is 11.8 Å². The maximum atomic E-state index is 12.0. The molecule has 20 heavy (non-hydrogen) atoms. The van der Waals surface area contributed by atoms with E-state index in [1.54, 1.807) is 17.8 Å². The number of benzene rings is 2. The molecule has 2 aromatic carbocycles. The number of carbonyl (C=O) groups is 1. The Morgan fingerprint density at radius 1 is 1.15 bits per heavy atom. The second-order valence-corrected chi connectivity index (χ2v) is 5.62. The van der Waals surface area contributed by atoms with E-state index < -0.39 is 0 Å². The van der Waals surface area contributed by atoms with E-state index in [0.29, 0.717) is 17.8 Å². The summed E-state index contributed by atoms with van der Waals surface area (Å²) in [6, 6.07) is 15.6. The molecule has 3 nitrogen and oxygen atoms in total. The average molecular weight is 286 g/mol. The molecule has 104 valence electrons. The van der Waals surface area contributed by atoms with Gasteiger partial charge in [-0.3, -0.25) is 4.79 Å². The number of nitrogen functional groups attached to an aromatic ring is 1. The minimum atomic E-state index is -0.111. The number of nitrogens with two attached hydrogens (primary N) is 1. The number of hydrogen-bond acceptors (Lipinski definition) is 3. The van der Waals surface area contributed by atoms with Crippen LogP contribution in [-0.2, 0) is 0 Å². The fourth-order valence-electron chi connectivity index (χ4n) is 1.82. The van der Waals surface area contributed by atoms with Crippen molar-refractivity contribution in [3.05, 3.63) is 59.7 Å². The molecule has 4 heteroatoms. The number of nitrogens with one attached hydrogen (secondary N) is 1. The monoisotopic (exact) mass is 286 g/mol. The highest BCUT2D eigenvalue weighted by Crippen LogP contribution is 2.17. The third-order valence-electron chi connectivity index (χ3n) is 2.97. The summed E-state index contributed by atoms with van der Waals surface area (Å²) in [5.41, 5.74) is 7.95. The zero-order valence-electron chi connectivity index (χ0n) is 11.4. The summed E-state index contributed by atoms with van der Waals surface area (Å²) in [7, 11) is 0. The molecule has 0 radical (unpaired) electrons. The highest BCUT2D eigenvalue weighted by atomic mass is 32.2. The molecule has 3 N–H and O–H groups in total. The summed E-state index contributed by atoms with van der Waals surface area (Å²) in [5.74, 6) is 0.724. The zero-order valence-corrected chi connectivity index (χ0v) is 12.2. The van der Waals surface area contributed by atoms with Crippen LogP contribution in [0.15, 0.2) is 53.4 Å². The van der Waals surface area contributed by atoms with Gasteiger partial charge in [0.1, 0.15) is 0 Å². The van der Waals surface area contributed by atoms with Crippen LogP contribution in [0.5, 0.6) is 0 Å². The van der Waals surface area contributed by atoms with Gasteiger partial charge in [-0.1, -0.05) is 30.3 Å². The van der Waals surface area contributed by atoms with Crippen molar-refractivity contribution in [2.75, 3.05) is 18.0 Å². The summed E-state index contributed by atoms with van der Waals surface area (Å²) in [6.07, 6.45) is 0. The summed E-state index contributed by atoms with van der Waals surface area (Å²) in [6.45, 7) is 2.52. The van der Waals surface area contributed by atoms with Crippen molar-refractivity contribution in [3.63, 3.8) is 0 Å². The lowest BCUT2D eigenvalue weighted by Gasteiger charge is -2.09. The van der Waals surface area contributed by atoms with E-state index in [1.165, 1.54) is 4.90 Å². The van der Waals surface area contributed by atoms with Gasteiger partial charge in [0.05, 0.1) is 5.56 Å². The predicted octanol–water partition coefficient (Wildman–Crippen LogP) is 3.10. The van der Waals surface area contributed by atoms with Crippen LogP contribution >= 0.6 is 11.8 Å². The van der Waals surface area contributed by atoms with E-state index in [1.807, 2.05) is 37.3 Å². The topological polar surface area (TPSA) is 55.1 Å². The number of amides is 1. The normalized spacial score (nSPS) is 10.2. The SMILES string of the molecule is Cc1cccc(C(=O)NCCSc2ccccc2)c1N. The van der Waals surface area contributed by atoms with Crippen LogP contribution in [0.1, 0.15) is 15.9 Å². The van der Waals surface area contributed by atoms with Gasteiger partial charge in [-0.05, 0) is 30.7 Å². The molecule has 0 aliphatic rings. The van der Waals surface area contributed by atoms with Crippen molar-refractivity contribution in [3.8, 4) is 0 Å². The molecule has 0 atom stereocenters. The van der Waals surface area contributed by atoms with Crippen LogP contribution in [0.2, 0.25) is 0 Å². The Balaban J connectivity index is 1.82. The summed E-state index contributed by atoms with van der Waals surface area (Å²) in [4.78, 5) is 13.2. The van der Waals surface area contributed by atoms with E-state index >= 15 is 0 Å². The van der Waals surface area contributed by atoms with Crippen molar-refractivity contribution < 1.29 is 4.79 Å². The van der Waals surface area contributed by atoms with E-state index in [2.05, 4.69) is 17.4 Å². The molecule has 2 rings (SSSR count). The molecule has 0 aliphatic carbocycles. The number of rotatable bonds is 5. The number of anilines is 1. The average Bonchev–Trinajstić information content (AvgIpc) is 2.47. The molecule has 0 saturated heterocycles. The Morgan fingerprint density at radius 2 is 1.90 bits per heavy atom. The summed E-state index contributed by atoms with van der Waals surface area (Å²) >= 11 is 1.72. The van der Waals surface area contributed by atoms with Crippen LogP contribution < -0.4 is 11.1 Å². The molecule has 0 bridgehead atoms. The number of para-hydroxylation sites is 1. The smallest absolute Gasteiger partial charge is 0.253 e. The third kappa shape index (κ3) is 3.78. The first-order valence-corrected chi connectivity index (χ1v) is 7.48. The Hall–Kier alpha value is -1.94. The highest BCUT2D eigenvalue weighted by Gasteiger charge is 2.09. The van der Waals surface area contributed by atoms with Gasteiger partial charge in [0.15, 0.2) is 0 Å². The quantitative estimate of drug-likeness (QED) is 0.504. The molecule has 0 aromatic heterocycles. The lowest BCUT2D eigenvalue weighted by Crippen LogP contribution is -2.26. The maximum absolute atomic E-state index is 12.0. The van der Waals surface area contributed by atoms with Crippen LogP contribution in [0.4, 0.5) is 5.69 Å². The fraction of sp³-hybridized carbons (Fsp3) is 0.188. The molecule has 0 heterocycles. The molecule has 0 fully saturated rings. The first kappa shape index (κ1) is 14.5. The van der Waals surface area contributed by atoms with E-state index in [-0.39, 0.29) is 5.91 Å². The van der Waals surface area contributed by atoms with E-state index in [4.69, 9.17) is 5.73 Å². The Labute approximate surface area is 123 Å². The van der Waals surface area contributed by atoms with Gasteiger partial charge in [0.2, 0.25) is 0 Å². The second-order valence-electron chi connectivity index (χ2n) is 4.45. The minimum absolute atomic E-state index is 0.111. The van der Waals surface area contributed by atoms with Crippen LogP contribution in [0, 0.1) is 6.92 Å². The van der Waals surface area contributed by atoms with E-state index in [9.17, 15) is 4.79 Å². The van der Waals surface area contributed by atoms with Crippen molar-refractivity contribution >= 4 is 23.4 Å². The van der Waals surface area contributed by atoms with Crippen LogP contribution in [-0.4, -0.2) is 18.2 Å². The second kappa shape index (κ2) is 7.01. The summed E-state index contributed by atoms with van der Waals surface area (Å²) < 4.78 is 0. The highest BCUT2D eigenvalue weighted by molar-refractivity contribution is 7.99. The molecule has 0 aliphatic heterocycles. The lowest BCUT2D eigenvalue weighted by atomic mass is 10.1. The van der Waals surface area contributed by atoms with Crippen LogP contribution in [0.3, 0.4) is 0 Å². The standard InChI is InChI=1S/C16H18N2OS/c1-12-6-5-9-14(15(12)17)16(19)18-10-11-20-13-7-3-2-4-8-13/h2-9H,10-11,17H2,1H3,(H,18,19). The number of thioether (sulfide) groups is 1. The van der Waals surface area contributed by atoms with Gasteiger partial charge in [0.25, 0.3) is 5.91 Å². The van der Waals surface area contributed by atoms with Gasteiger partial charge in [-0.2, -0.15) is 0 Å². The predicted molar refractivity (Wildman–Crippen MR) is 85.1 cm³/mol. The Kier molecular flexibility index (Phi) is 5.07. The Morgan fingerprint density at radius 3 is 2.65 bits per heavy atom. The largest absolute Gasteiger partial charge is 0.398 e.